The zero-order valence-electron chi connectivity index (χ0n) is 12.4. The van der Waals surface area contributed by atoms with Crippen LogP contribution in [0.15, 0.2) is 18.2 Å². The van der Waals surface area contributed by atoms with Crippen molar-refractivity contribution in [1.82, 2.24) is 9.80 Å². The smallest absolute Gasteiger partial charge is 0.256 e. The number of para-hydroxylation sites is 1. The Morgan fingerprint density at radius 2 is 2.00 bits per heavy atom. The van der Waals surface area contributed by atoms with Crippen molar-refractivity contribution in [2.75, 3.05) is 46.6 Å². The number of halogens is 1. The van der Waals surface area contributed by atoms with Crippen LogP contribution >= 0.6 is 11.6 Å². The van der Waals surface area contributed by atoms with Crippen molar-refractivity contribution in [3.63, 3.8) is 0 Å². The van der Waals surface area contributed by atoms with Crippen molar-refractivity contribution < 1.29 is 14.3 Å². The summed E-state index contributed by atoms with van der Waals surface area (Å²) < 4.78 is 4.98. The van der Waals surface area contributed by atoms with Crippen LogP contribution in [-0.4, -0.2) is 62.5 Å². The quantitative estimate of drug-likeness (QED) is 0.798. The van der Waals surface area contributed by atoms with Gasteiger partial charge in [0.15, 0.2) is 0 Å². The minimum atomic E-state index is -0.345. The van der Waals surface area contributed by atoms with Gasteiger partial charge in [-0.25, -0.2) is 0 Å². The molecule has 0 saturated carbocycles. The van der Waals surface area contributed by atoms with E-state index in [-0.39, 0.29) is 29.6 Å². The van der Waals surface area contributed by atoms with E-state index in [9.17, 15) is 9.59 Å². The number of likely N-dealkylation sites (N-methyl/N-ethyl adjacent to an activating group) is 1. The lowest BCUT2D eigenvalue weighted by Gasteiger charge is -2.24. The first-order valence-electron chi connectivity index (χ1n) is 6.40. The second-order valence-corrected chi connectivity index (χ2v) is 5.12. The van der Waals surface area contributed by atoms with Crippen LogP contribution in [0.25, 0.3) is 0 Å². The first kappa shape index (κ1) is 17.3. The Morgan fingerprint density at radius 3 is 2.57 bits per heavy atom. The number of hydrogen-bond donors (Lipinski definition) is 1. The van der Waals surface area contributed by atoms with Gasteiger partial charge in [-0.1, -0.05) is 17.7 Å². The van der Waals surface area contributed by atoms with E-state index in [1.54, 1.807) is 32.3 Å². The second-order valence-electron chi connectivity index (χ2n) is 4.71. The lowest BCUT2D eigenvalue weighted by Crippen LogP contribution is -2.42. The van der Waals surface area contributed by atoms with Crippen LogP contribution in [0.5, 0.6) is 0 Å². The van der Waals surface area contributed by atoms with Crippen molar-refractivity contribution in [3.8, 4) is 0 Å². The maximum Gasteiger partial charge on any atom is 0.256 e. The molecule has 0 aliphatic carbocycles. The third-order valence-corrected chi connectivity index (χ3v) is 3.29. The molecule has 0 saturated heterocycles. The van der Waals surface area contributed by atoms with Crippen LogP contribution in [0.4, 0.5) is 5.69 Å². The molecule has 0 aromatic heterocycles. The van der Waals surface area contributed by atoms with Gasteiger partial charge in [-0.2, -0.15) is 0 Å². The monoisotopic (exact) mass is 313 g/mol. The highest BCUT2D eigenvalue weighted by atomic mass is 35.5. The van der Waals surface area contributed by atoms with Crippen LogP contribution < -0.4 is 5.73 Å². The number of ether oxygens (including phenoxy) is 1. The summed E-state index contributed by atoms with van der Waals surface area (Å²) in [7, 11) is 4.80. The molecule has 2 amide bonds. The number of hydrogen-bond acceptors (Lipinski definition) is 4. The lowest BCUT2D eigenvalue weighted by atomic mass is 10.1. The summed E-state index contributed by atoms with van der Waals surface area (Å²) >= 11 is 5.93. The van der Waals surface area contributed by atoms with Gasteiger partial charge in [0.1, 0.15) is 6.54 Å². The molecule has 0 heterocycles. The zero-order chi connectivity index (χ0) is 16.0. The molecule has 0 unspecified atom stereocenters. The maximum atomic E-state index is 12.5. The summed E-state index contributed by atoms with van der Waals surface area (Å²) in [6, 6.07) is 4.84. The van der Waals surface area contributed by atoms with Gasteiger partial charge in [0, 0.05) is 27.7 Å². The molecule has 1 aromatic carbocycles. The summed E-state index contributed by atoms with van der Waals surface area (Å²) in [6.07, 6.45) is 0. The highest BCUT2D eigenvalue weighted by Gasteiger charge is 2.22. The SMILES string of the molecule is COCCN(CC(=O)N(C)C)C(=O)c1cccc(Cl)c1N. The van der Waals surface area contributed by atoms with Crippen molar-refractivity contribution >= 4 is 29.1 Å². The van der Waals surface area contributed by atoms with Gasteiger partial charge in [0.25, 0.3) is 5.91 Å². The van der Waals surface area contributed by atoms with E-state index in [0.717, 1.165) is 0 Å². The van der Waals surface area contributed by atoms with Crippen molar-refractivity contribution in [1.29, 1.82) is 0 Å². The fourth-order valence-corrected chi connectivity index (χ4v) is 1.83. The normalized spacial score (nSPS) is 10.3. The fraction of sp³-hybridized carbons (Fsp3) is 0.429. The van der Waals surface area contributed by atoms with E-state index in [2.05, 4.69) is 0 Å². The Hall–Kier alpha value is -1.79. The summed E-state index contributed by atoms with van der Waals surface area (Å²) in [5.74, 6) is -0.526. The van der Waals surface area contributed by atoms with Gasteiger partial charge < -0.3 is 20.3 Å². The number of nitrogens with zero attached hydrogens (tertiary/aromatic N) is 2. The lowest BCUT2D eigenvalue weighted by molar-refractivity contribution is -0.129. The van der Waals surface area contributed by atoms with Gasteiger partial charge in [-0.05, 0) is 12.1 Å². The molecule has 0 bridgehead atoms. The van der Waals surface area contributed by atoms with Crippen LogP contribution in [0, 0.1) is 0 Å². The van der Waals surface area contributed by atoms with Gasteiger partial charge >= 0.3 is 0 Å². The van der Waals surface area contributed by atoms with E-state index in [0.29, 0.717) is 18.2 Å². The second kappa shape index (κ2) is 7.85. The number of carbonyl (C=O) groups is 2. The number of methoxy groups -OCH3 is 1. The molecule has 0 fully saturated rings. The maximum absolute atomic E-state index is 12.5. The molecular weight excluding hydrogens is 294 g/mol. The summed E-state index contributed by atoms with van der Waals surface area (Å²) in [5, 5.41) is 0.312. The number of amides is 2. The largest absolute Gasteiger partial charge is 0.397 e. The topological polar surface area (TPSA) is 75.9 Å². The van der Waals surface area contributed by atoms with Crippen LogP contribution in [-0.2, 0) is 9.53 Å². The first-order chi connectivity index (χ1) is 9.88. The molecule has 0 aliphatic rings. The predicted octanol–water partition coefficient (Wildman–Crippen LogP) is 1.10. The molecule has 0 aliphatic heterocycles. The van der Waals surface area contributed by atoms with Crippen LogP contribution in [0.2, 0.25) is 5.02 Å². The molecule has 1 rings (SSSR count). The highest BCUT2D eigenvalue weighted by Crippen LogP contribution is 2.23. The number of nitrogen functional groups attached to an aromatic ring is 1. The number of nitrogens with two attached hydrogens (primary N) is 1. The highest BCUT2D eigenvalue weighted by molar-refractivity contribution is 6.33. The molecule has 1 aromatic rings. The van der Waals surface area contributed by atoms with Crippen molar-refractivity contribution in [2.24, 2.45) is 0 Å². The summed E-state index contributed by atoms with van der Waals surface area (Å²) in [4.78, 5) is 27.2. The van der Waals surface area contributed by atoms with Crippen LogP contribution in [0.1, 0.15) is 10.4 Å². The average molecular weight is 314 g/mol. The third kappa shape index (κ3) is 4.61. The Labute approximate surface area is 129 Å². The Morgan fingerprint density at radius 1 is 1.33 bits per heavy atom. The fourth-order valence-electron chi connectivity index (χ4n) is 1.65. The van der Waals surface area contributed by atoms with Gasteiger partial charge in [-0.3, -0.25) is 9.59 Å². The molecule has 2 N–H and O–H groups in total. The Balaban J connectivity index is 2.98. The molecule has 116 valence electrons. The predicted molar refractivity (Wildman–Crippen MR) is 82.3 cm³/mol. The molecule has 6 nitrogen and oxygen atoms in total. The van der Waals surface area contributed by atoms with E-state index in [1.807, 2.05) is 0 Å². The molecule has 0 spiro atoms. The van der Waals surface area contributed by atoms with E-state index < -0.39 is 0 Å². The van der Waals surface area contributed by atoms with Crippen LogP contribution in [0.3, 0.4) is 0 Å². The van der Waals surface area contributed by atoms with E-state index in [4.69, 9.17) is 22.1 Å². The Kier molecular flexibility index (Phi) is 6.45. The number of benzene rings is 1. The molecule has 0 atom stereocenters. The third-order valence-electron chi connectivity index (χ3n) is 2.96. The number of carbonyl (C=O) groups excluding carboxylic acids is 2. The molecular formula is C14H20ClN3O3. The molecule has 21 heavy (non-hydrogen) atoms. The van der Waals surface area contributed by atoms with Gasteiger partial charge in [0.05, 0.1) is 22.9 Å². The molecule has 7 heteroatoms. The minimum Gasteiger partial charge on any atom is -0.397 e. The average Bonchev–Trinajstić information content (AvgIpc) is 2.45. The van der Waals surface area contributed by atoms with Crippen molar-refractivity contribution in [3.05, 3.63) is 28.8 Å². The van der Waals surface area contributed by atoms with Gasteiger partial charge in [0.2, 0.25) is 5.91 Å². The minimum absolute atomic E-state index is 0.0405. The standard InChI is InChI=1S/C14H20ClN3O3/c1-17(2)12(19)9-18(7-8-21-3)14(20)10-5-4-6-11(15)13(10)16/h4-6H,7-9,16H2,1-3H3. The van der Waals surface area contributed by atoms with Crippen molar-refractivity contribution in [2.45, 2.75) is 0 Å². The zero-order valence-corrected chi connectivity index (χ0v) is 13.2. The molecule has 0 radical (unpaired) electrons. The number of anilines is 1. The first-order valence-corrected chi connectivity index (χ1v) is 6.78. The summed E-state index contributed by atoms with van der Waals surface area (Å²) in [6.45, 7) is 0.578. The summed E-state index contributed by atoms with van der Waals surface area (Å²) in [5.41, 5.74) is 6.33. The van der Waals surface area contributed by atoms with E-state index in [1.165, 1.54) is 16.9 Å². The van der Waals surface area contributed by atoms with E-state index >= 15 is 0 Å². The van der Waals surface area contributed by atoms with Gasteiger partial charge in [-0.15, -0.1) is 0 Å². The Bertz CT molecular complexity index is 520. The number of rotatable bonds is 6.